The summed E-state index contributed by atoms with van der Waals surface area (Å²) >= 11 is 0. The van der Waals surface area contributed by atoms with Crippen LogP contribution in [0.1, 0.15) is 0 Å². The van der Waals surface area contributed by atoms with Crippen molar-refractivity contribution in [1.29, 1.82) is 0 Å². The van der Waals surface area contributed by atoms with E-state index in [2.05, 4.69) is 0 Å². The second-order valence-corrected chi connectivity index (χ2v) is 2.81. The monoisotopic (exact) mass is 162 g/mol. The van der Waals surface area contributed by atoms with Crippen molar-refractivity contribution in [2.45, 2.75) is 30.7 Å². The van der Waals surface area contributed by atoms with Gasteiger partial charge in [0, 0.05) is 0 Å². The Morgan fingerprint density at radius 1 is 1.09 bits per heavy atom. The zero-order valence-electron chi connectivity index (χ0n) is 5.75. The van der Waals surface area contributed by atoms with Crippen LogP contribution in [0, 0.1) is 0 Å². The summed E-state index contributed by atoms with van der Waals surface area (Å²) in [5, 5.41) is 27.1. The zero-order valence-corrected chi connectivity index (χ0v) is 5.75. The quantitative estimate of drug-likeness (QED) is 0.382. The van der Waals surface area contributed by atoms with E-state index < -0.39 is 30.7 Å². The minimum Gasteiger partial charge on any atom is -0.394 e. The molecule has 0 aromatic heterocycles. The number of epoxide rings is 1. The Morgan fingerprint density at radius 2 is 1.82 bits per heavy atom. The molecule has 0 aromatic rings. The standard InChI is InChI=1S/C6H10O5/c7-1-2-3(8)4(9)5-6(10-2)11-5/h2-9H,1H2/t2-,3?,4+,5?,6-/m1/s1. The lowest BCUT2D eigenvalue weighted by atomic mass is 10.0. The van der Waals surface area contributed by atoms with Gasteiger partial charge in [0.15, 0.2) is 6.29 Å². The molecule has 2 saturated heterocycles. The Kier molecular flexibility index (Phi) is 1.62. The second kappa shape index (κ2) is 2.40. The molecule has 0 saturated carbocycles. The second-order valence-electron chi connectivity index (χ2n) is 2.81. The van der Waals surface area contributed by atoms with E-state index in [1.54, 1.807) is 0 Å². The Hall–Kier alpha value is -0.200. The molecule has 5 atom stereocenters. The molecule has 0 spiro atoms. The number of ether oxygens (including phenoxy) is 2. The van der Waals surface area contributed by atoms with Crippen molar-refractivity contribution >= 4 is 0 Å². The SMILES string of the molecule is OC[C@H]1O[C@@H]2OC2[C@@H](O)C1O. The minimum absolute atomic E-state index is 0.301. The average molecular weight is 162 g/mol. The Bertz CT molecular complexity index is 161. The van der Waals surface area contributed by atoms with E-state index in [-0.39, 0.29) is 6.61 Å². The molecular weight excluding hydrogens is 152 g/mol. The molecule has 0 aromatic carbocycles. The molecule has 2 fully saturated rings. The van der Waals surface area contributed by atoms with Crippen LogP contribution < -0.4 is 0 Å². The summed E-state index contributed by atoms with van der Waals surface area (Å²) in [7, 11) is 0. The van der Waals surface area contributed by atoms with Gasteiger partial charge in [-0.1, -0.05) is 0 Å². The fourth-order valence-electron chi connectivity index (χ4n) is 1.28. The summed E-state index contributed by atoms with van der Waals surface area (Å²) in [6.07, 6.45) is -3.50. The van der Waals surface area contributed by atoms with Crippen LogP contribution >= 0.6 is 0 Å². The smallest absolute Gasteiger partial charge is 0.187 e. The molecule has 5 heteroatoms. The van der Waals surface area contributed by atoms with Gasteiger partial charge in [-0.3, -0.25) is 0 Å². The lowest BCUT2D eigenvalue weighted by Gasteiger charge is -2.27. The van der Waals surface area contributed by atoms with Gasteiger partial charge in [-0.15, -0.1) is 0 Å². The molecule has 0 radical (unpaired) electrons. The van der Waals surface area contributed by atoms with Crippen LogP contribution in [0.5, 0.6) is 0 Å². The highest BCUT2D eigenvalue weighted by atomic mass is 16.8. The highest BCUT2D eigenvalue weighted by Crippen LogP contribution is 2.35. The maximum absolute atomic E-state index is 9.22. The van der Waals surface area contributed by atoms with E-state index in [1.807, 2.05) is 0 Å². The molecule has 64 valence electrons. The molecule has 11 heavy (non-hydrogen) atoms. The molecule has 5 nitrogen and oxygen atoms in total. The molecule has 0 bridgehead atoms. The van der Waals surface area contributed by atoms with Crippen molar-refractivity contribution in [2.75, 3.05) is 6.61 Å². The molecule has 2 rings (SSSR count). The van der Waals surface area contributed by atoms with Crippen molar-refractivity contribution in [3.63, 3.8) is 0 Å². The molecule has 2 heterocycles. The third-order valence-corrected chi connectivity index (χ3v) is 2.04. The Morgan fingerprint density at radius 3 is 2.45 bits per heavy atom. The predicted octanol–water partition coefficient (Wildman–Crippen LogP) is -2.18. The van der Waals surface area contributed by atoms with Crippen molar-refractivity contribution in [3.8, 4) is 0 Å². The maximum Gasteiger partial charge on any atom is 0.187 e. The van der Waals surface area contributed by atoms with Crippen LogP contribution in [-0.2, 0) is 9.47 Å². The van der Waals surface area contributed by atoms with E-state index in [1.165, 1.54) is 0 Å². The van der Waals surface area contributed by atoms with Crippen LogP contribution in [0.4, 0.5) is 0 Å². The number of hydrogen-bond donors (Lipinski definition) is 3. The van der Waals surface area contributed by atoms with Crippen LogP contribution in [0.2, 0.25) is 0 Å². The van der Waals surface area contributed by atoms with Gasteiger partial charge >= 0.3 is 0 Å². The van der Waals surface area contributed by atoms with Crippen LogP contribution in [-0.4, -0.2) is 52.6 Å². The lowest BCUT2D eigenvalue weighted by molar-refractivity contribution is -0.144. The average Bonchev–Trinajstić information content (AvgIpc) is 2.75. The van der Waals surface area contributed by atoms with E-state index in [0.29, 0.717) is 0 Å². The maximum atomic E-state index is 9.22. The third-order valence-electron chi connectivity index (χ3n) is 2.04. The van der Waals surface area contributed by atoms with Crippen LogP contribution in [0.3, 0.4) is 0 Å². The highest BCUT2D eigenvalue weighted by Gasteiger charge is 2.55. The summed E-state index contributed by atoms with van der Waals surface area (Å²) in [5.74, 6) is 0. The Balaban J connectivity index is 2.03. The van der Waals surface area contributed by atoms with Crippen molar-refractivity contribution in [2.24, 2.45) is 0 Å². The third kappa shape index (κ3) is 1.05. The van der Waals surface area contributed by atoms with Gasteiger partial charge in [-0.2, -0.15) is 0 Å². The molecular formula is C6H10O5. The van der Waals surface area contributed by atoms with Crippen molar-refractivity contribution in [1.82, 2.24) is 0 Å². The van der Waals surface area contributed by atoms with Gasteiger partial charge in [-0.05, 0) is 0 Å². The summed E-state index contributed by atoms with van der Waals surface area (Å²) in [6.45, 7) is -0.301. The number of hydrogen-bond acceptors (Lipinski definition) is 5. The van der Waals surface area contributed by atoms with Gasteiger partial charge < -0.3 is 24.8 Å². The molecule has 0 aliphatic carbocycles. The van der Waals surface area contributed by atoms with Gasteiger partial charge in [-0.25, -0.2) is 0 Å². The highest BCUT2D eigenvalue weighted by molar-refractivity contribution is 4.96. The molecule has 0 amide bonds. The first-order valence-electron chi connectivity index (χ1n) is 3.52. The largest absolute Gasteiger partial charge is 0.394 e. The van der Waals surface area contributed by atoms with E-state index in [9.17, 15) is 10.2 Å². The summed E-state index contributed by atoms with van der Waals surface area (Å²) in [5.41, 5.74) is 0. The summed E-state index contributed by atoms with van der Waals surface area (Å²) in [4.78, 5) is 0. The van der Waals surface area contributed by atoms with Crippen molar-refractivity contribution in [3.05, 3.63) is 0 Å². The number of aliphatic hydroxyl groups excluding tert-OH is 3. The summed E-state index contributed by atoms with van der Waals surface area (Å²) < 4.78 is 9.86. The van der Waals surface area contributed by atoms with E-state index in [0.717, 1.165) is 0 Å². The zero-order chi connectivity index (χ0) is 8.01. The first-order chi connectivity index (χ1) is 5.24. The molecule has 2 aliphatic rings. The normalized spacial score (nSPS) is 55.4. The lowest BCUT2D eigenvalue weighted by Crippen LogP contribution is -2.48. The van der Waals surface area contributed by atoms with Gasteiger partial charge in [0.05, 0.1) is 6.61 Å². The fourth-order valence-corrected chi connectivity index (χ4v) is 1.28. The van der Waals surface area contributed by atoms with E-state index >= 15 is 0 Å². The number of rotatable bonds is 1. The first-order valence-corrected chi connectivity index (χ1v) is 3.52. The number of aliphatic hydroxyl groups is 3. The van der Waals surface area contributed by atoms with Gasteiger partial charge in [0.25, 0.3) is 0 Å². The van der Waals surface area contributed by atoms with Crippen molar-refractivity contribution < 1.29 is 24.8 Å². The Labute approximate surface area is 63.2 Å². The molecule has 2 aliphatic heterocycles. The van der Waals surface area contributed by atoms with E-state index in [4.69, 9.17) is 14.6 Å². The molecule has 2 unspecified atom stereocenters. The minimum atomic E-state index is -1.04. The summed E-state index contributed by atoms with van der Waals surface area (Å²) in [6, 6.07) is 0. The van der Waals surface area contributed by atoms with Crippen LogP contribution in [0.25, 0.3) is 0 Å². The molecule has 3 N–H and O–H groups in total. The van der Waals surface area contributed by atoms with Crippen LogP contribution in [0.15, 0.2) is 0 Å². The fraction of sp³-hybridized carbons (Fsp3) is 1.00. The first kappa shape index (κ1) is 7.45. The predicted molar refractivity (Wildman–Crippen MR) is 32.6 cm³/mol. The van der Waals surface area contributed by atoms with Gasteiger partial charge in [0.1, 0.15) is 24.4 Å². The topological polar surface area (TPSA) is 82.5 Å². The number of fused-ring (bicyclic) bond motifs is 1. The van der Waals surface area contributed by atoms with Gasteiger partial charge in [0.2, 0.25) is 0 Å².